The molecule has 1 unspecified atom stereocenters. The number of rotatable bonds is 3. The second-order valence-corrected chi connectivity index (χ2v) is 2.92. The number of alkyl halides is 3. The summed E-state index contributed by atoms with van der Waals surface area (Å²) < 4.78 is 35.9. The zero-order valence-electron chi connectivity index (χ0n) is 6.80. The van der Waals surface area contributed by atoms with Gasteiger partial charge in [-0.1, -0.05) is 0 Å². The van der Waals surface area contributed by atoms with Crippen LogP contribution >= 0.6 is 0 Å². The third kappa shape index (κ3) is 3.19. The van der Waals surface area contributed by atoms with Crippen LogP contribution in [0.5, 0.6) is 0 Å². The molecule has 0 heterocycles. The molecule has 0 radical (unpaired) electrons. The Hall–Kier alpha value is -0.820. The number of hydrogen-bond donors (Lipinski definition) is 3. The van der Waals surface area contributed by atoms with E-state index in [2.05, 4.69) is 0 Å². The molecule has 0 aromatic heterocycles. The smallest absolute Gasteiger partial charge is 0.416 e. The molecule has 0 saturated heterocycles. The lowest BCUT2D eigenvalue weighted by molar-refractivity contribution is -0.256. The zero-order chi connectivity index (χ0) is 10.9. The highest BCUT2D eigenvalue weighted by Gasteiger charge is 2.51. The summed E-state index contributed by atoms with van der Waals surface area (Å²) in [6.07, 6.45) is -5.94. The first-order valence-corrected chi connectivity index (χ1v) is 3.35. The van der Waals surface area contributed by atoms with Gasteiger partial charge in [-0.25, -0.2) is 0 Å². The molecule has 0 amide bonds. The summed E-state index contributed by atoms with van der Waals surface area (Å²) in [4.78, 5) is 10.1. The Morgan fingerprint density at radius 2 is 1.92 bits per heavy atom. The van der Waals surface area contributed by atoms with Gasteiger partial charge in [0, 0.05) is 6.42 Å². The van der Waals surface area contributed by atoms with Crippen molar-refractivity contribution in [3.8, 4) is 0 Å². The molecule has 4 nitrogen and oxygen atoms in total. The van der Waals surface area contributed by atoms with Gasteiger partial charge in [-0.05, 0) is 6.92 Å². The lowest BCUT2D eigenvalue weighted by Gasteiger charge is -2.27. The van der Waals surface area contributed by atoms with Gasteiger partial charge in [0.15, 0.2) is 5.60 Å². The van der Waals surface area contributed by atoms with E-state index in [0.29, 0.717) is 6.92 Å². The molecule has 0 aromatic rings. The van der Waals surface area contributed by atoms with Crippen molar-refractivity contribution >= 4 is 5.97 Å². The Morgan fingerprint density at radius 1 is 1.54 bits per heavy atom. The zero-order valence-corrected chi connectivity index (χ0v) is 6.80. The molecule has 0 spiro atoms. The van der Waals surface area contributed by atoms with Crippen molar-refractivity contribution in [3.05, 3.63) is 0 Å². The van der Waals surface area contributed by atoms with Crippen molar-refractivity contribution in [1.82, 2.24) is 0 Å². The normalized spacial score (nSPS) is 19.2. The molecule has 0 aliphatic heterocycles. The first-order chi connectivity index (χ1) is 5.58. The van der Waals surface area contributed by atoms with E-state index in [9.17, 15) is 18.0 Å². The van der Waals surface area contributed by atoms with Gasteiger partial charge in [0.05, 0.1) is 0 Å². The van der Waals surface area contributed by atoms with Crippen molar-refractivity contribution in [1.29, 1.82) is 0 Å². The van der Waals surface area contributed by atoms with Gasteiger partial charge in [-0.3, -0.25) is 4.79 Å². The summed E-state index contributed by atoms with van der Waals surface area (Å²) in [7, 11) is 0. The first kappa shape index (κ1) is 12.2. The molecular formula is C6H10F3NO3. The molecule has 4 N–H and O–H groups in total. The quantitative estimate of drug-likeness (QED) is 0.604. The fourth-order valence-electron chi connectivity index (χ4n) is 0.631. The van der Waals surface area contributed by atoms with Crippen molar-refractivity contribution < 1.29 is 28.2 Å². The molecule has 0 aliphatic rings. The Morgan fingerprint density at radius 3 is 2.15 bits per heavy atom. The number of hydrogen-bond acceptors (Lipinski definition) is 3. The van der Waals surface area contributed by atoms with E-state index in [4.69, 9.17) is 15.9 Å². The van der Waals surface area contributed by atoms with Gasteiger partial charge in [0.2, 0.25) is 0 Å². The predicted molar refractivity (Wildman–Crippen MR) is 36.9 cm³/mol. The molecule has 0 bridgehead atoms. The molecule has 2 atom stereocenters. The number of halogens is 3. The van der Waals surface area contributed by atoms with Gasteiger partial charge in [0.25, 0.3) is 0 Å². The van der Waals surface area contributed by atoms with Gasteiger partial charge in [-0.15, -0.1) is 0 Å². The van der Waals surface area contributed by atoms with Crippen LogP contribution in [0.4, 0.5) is 13.2 Å². The number of carboxylic acids is 1. The third-order valence-electron chi connectivity index (χ3n) is 1.55. The van der Waals surface area contributed by atoms with Gasteiger partial charge >= 0.3 is 12.1 Å². The van der Waals surface area contributed by atoms with Crippen LogP contribution in [0.3, 0.4) is 0 Å². The van der Waals surface area contributed by atoms with Crippen molar-refractivity contribution in [3.63, 3.8) is 0 Å². The maximum atomic E-state index is 12.0. The van der Waals surface area contributed by atoms with Crippen molar-refractivity contribution in [2.24, 2.45) is 5.73 Å². The van der Waals surface area contributed by atoms with E-state index in [1.54, 1.807) is 0 Å². The summed E-state index contributed by atoms with van der Waals surface area (Å²) in [5.41, 5.74) is 1.78. The summed E-state index contributed by atoms with van der Waals surface area (Å²) in [5, 5.41) is 17.0. The van der Waals surface area contributed by atoms with Crippen LogP contribution in [0.2, 0.25) is 0 Å². The highest BCUT2D eigenvalue weighted by atomic mass is 19.4. The summed E-state index contributed by atoms with van der Waals surface area (Å²) in [6.45, 7) is 0.482. The third-order valence-corrected chi connectivity index (χ3v) is 1.55. The highest BCUT2D eigenvalue weighted by molar-refractivity contribution is 5.73. The topological polar surface area (TPSA) is 83.5 Å². The Labute approximate surface area is 72.2 Å². The van der Waals surface area contributed by atoms with Crippen LogP contribution in [-0.2, 0) is 4.79 Å². The Balaban J connectivity index is 4.43. The average Bonchev–Trinajstić information content (AvgIpc) is 1.83. The molecule has 13 heavy (non-hydrogen) atoms. The van der Waals surface area contributed by atoms with Gasteiger partial charge < -0.3 is 15.9 Å². The number of aliphatic hydroxyl groups is 1. The standard InChI is InChI=1S/C6H10F3NO3/c1-5(13,6(7,8)9)2-3(10)4(11)12/h3,13H,2,10H2,1H3,(H,11,12)/t3-,5?/m1/s1. The minimum Gasteiger partial charge on any atom is -0.480 e. The van der Waals surface area contributed by atoms with E-state index < -0.39 is 30.2 Å². The lowest BCUT2D eigenvalue weighted by atomic mass is 9.97. The molecular weight excluding hydrogens is 191 g/mol. The Kier molecular flexibility index (Phi) is 3.28. The largest absolute Gasteiger partial charge is 0.480 e. The van der Waals surface area contributed by atoms with Crippen LogP contribution in [-0.4, -0.2) is 34.0 Å². The van der Waals surface area contributed by atoms with Crippen molar-refractivity contribution in [2.45, 2.75) is 31.2 Å². The van der Waals surface area contributed by atoms with Crippen LogP contribution in [0.15, 0.2) is 0 Å². The summed E-state index contributed by atoms with van der Waals surface area (Å²) >= 11 is 0. The number of carbonyl (C=O) groups is 1. The Bertz CT molecular complexity index is 202. The minimum atomic E-state index is -4.87. The minimum absolute atomic E-state index is 0.482. The first-order valence-electron chi connectivity index (χ1n) is 3.35. The predicted octanol–water partition coefficient (Wildman–Crippen LogP) is 0.102. The molecule has 0 aromatic carbocycles. The van der Waals surface area contributed by atoms with E-state index in [-0.39, 0.29) is 0 Å². The molecule has 7 heteroatoms. The van der Waals surface area contributed by atoms with Crippen LogP contribution in [0.25, 0.3) is 0 Å². The lowest BCUT2D eigenvalue weighted by Crippen LogP contribution is -2.48. The number of aliphatic carboxylic acids is 1. The number of carboxylic acid groups (broad SMARTS) is 1. The van der Waals surface area contributed by atoms with Crippen molar-refractivity contribution in [2.75, 3.05) is 0 Å². The van der Waals surface area contributed by atoms with E-state index in [0.717, 1.165) is 0 Å². The molecule has 78 valence electrons. The fraction of sp³-hybridized carbons (Fsp3) is 0.833. The molecule has 0 fully saturated rings. The maximum absolute atomic E-state index is 12.0. The maximum Gasteiger partial charge on any atom is 0.416 e. The summed E-state index contributed by atoms with van der Waals surface area (Å²) in [6, 6.07) is -1.73. The second kappa shape index (κ2) is 3.51. The van der Waals surface area contributed by atoms with Crippen LogP contribution in [0.1, 0.15) is 13.3 Å². The molecule has 0 rings (SSSR count). The SMILES string of the molecule is CC(O)(C[C@@H](N)C(=O)O)C(F)(F)F. The average molecular weight is 201 g/mol. The summed E-state index contributed by atoms with van der Waals surface area (Å²) in [5.74, 6) is -1.58. The fourth-order valence-corrected chi connectivity index (χ4v) is 0.631. The van der Waals surface area contributed by atoms with Crippen LogP contribution < -0.4 is 5.73 Å². The molecule has 0 aliphatic carbocycles. The highest BCUT2D eigenvalue weighted by Crippen LogP contribution is 2.33. The van der Waals surface area contributed by atoms with E-state index in [1.807, 2.05) is 0 Å². The molecule has 0 saturated carbocycles. The van der Waals surface area contributed by atoms with E-state index >= 15 is 0 Å². The number of nitrogens with two attached hydrogens (primary N) is 1. The second-order valence-electron chi connectivity index (χ2n) is 2.92. The van der Waals surface area contributed by atoms with E-state index in [1.165, 1.54) is 0 Å². The monoisotopic (exact) mass is 201 g/mol. The van der Waals surface area contributed by atoms with Gasteiger partial charge in [0.1, 0.15) is 6.04 Å². The van der Waals surface area contributed by atoms with Crippen LogP contribution in [0, 0.1) is 0 Å². The van der Waals surface area contributed by atoms with Gasteiger partial charge in [-0.2, -0.15) is 13.2 Å².